The summed E-state index contributed by atoms with van der Waals surface area (Å²) in [5.41, 5.74) is 2.60. The smallest absolute Gasteiger partial charge is 0.308 e. The number of aliphatic carboxylic acids is 1. The molecule has 1 heterocycles. The van der Waals surface area contributed by atoms with Gasteiger partial charge in [-0.2, -0.15) is 5.10 Å². The van der Waals surface area contributed by atoms with E-state index in [-0.39, 0.29) is 5.92 Å². The largest absolute Gasteiger partial charge is 0.481 e. The van der Waals surface area contributed by atoms with Gasteiger partial charge in [-0.1, -0.05) is 0 Å². The molecule has 0 aromatic heterocycles. The SMILES string of the molecule is O=C(O)C1CC=NNC1. The molecule has 1 aliphatic heterocycles. The van der Waals surface area contributed by atoms with Crippen molar-refractivity contribution in [3.05, 3.63) is 0 Å². The van der Waals surface area contributed by atoms with Crippen LogP contribution in [0, 0.1) is 5.92 Å². The van der Waals surface area contributed by atoms with Gasteiger partial charge in [-0.3, -0.25) is 4.79 Å². The van der Waals surface area contributed by atoms with E-state index in [4.69, 9.17) is 5.11 Å². The van der Waals surface area contributed by atoms with Gasteiger partial charge in [0, 0.05) is 12.8 Å². The molecule has 50 valence electrons. The summed E-state index contributed by atoms with van der Waals surface area (Å²) in [5.74, 6) is -1.05. The number of carboxylic acid groups (broad SMARTS) is 1. The summed E-state index contributed by atoms with van der Waals surface area (Å²) in [6.07, 6.45) is 2.13. The van der Waals surface area contributed by atoms with Gasteiger partial charge >= 0.3 is 5.97 Å². The number of hydrazone groups is 1. The lowest BCUT2D eigenvalue weighted by molar-refractivity contribution is -0.141. The lowest BCUT2D eigenvalue weighted by atomic mass is 10.1. The normalized spacial score (nSPS) is 25.1. The average molecular weight is 128 g/mol. The third-order valence-corrected chi connectivity index (χ3v) is 1.26. The molecule has 4 heteroatoms. The van der Waals surface area contributed by atoms with Gasteiger partial charge < -0.3 is 10.5 Å². The number of nitrogens with zero attached hydrogens (tertiary/aromatic N) is 1. The van der Waals surface area contributed by atoms with Gasteiger partial charge in [-0.25, -0.2) is 0 Å². The fourth-order valence-electron chi connectivity index (χ4n) is 0.679. The molecule has 0 aliphatic carbocycles. The summed E-state index contributed by atoms with van der Waals surface area (Å²) in [5, 5.41) is 12.1. The Hall–Kier alpha value is -1.06. The number of carboxylic acids is 1. The minimum Gasteiger partial charge on any atom is -0.481 e. The molecule has 0 saturated carbocycles. The molecule has 2 N–H and O–H groups in total. The minimum atomic E-state index is -0.756. The Kier molecular flexibility index (Phi) is 1.67. The fourth-order valence-corrected chi connectivity index (χ4v) is 0.679. The first-order valence-electron chi connectivity index (χ1n) is 2.78. The summed E-state index contributed by atoms with van der Waals surface area (Å²) in [4.78, 5) is 10.3. The highest BCUT2D eigenvalue weighted by molar-refractivity contribution is 5.75. The van der Waals surface area contributed by atoms with Crippen LogP contribution in [0.1, 0.15) is 6.42 Å². The monoisotopic (exact) mass is 128 g/mol. The zero-order valence-corrected chi connectivity index (χ0v) is 4.87. The van der Waals surface area contributed by atoms with Crippen LogP contribution in [0.4, 0.5) is 0 Å². The predicted octanol–water partition coefficient (Wildman–Crippen LogP) is -0.334. The zero-order chi connectivity index (χ0) is 6.69. The van der Waals surface area contributed by atoms with E-state index in [0.717, 1.165) is 0 Å². The zero-order valence-electron chi connectivity index (χ0n) is 4.87. The molecule has 0 aromatic carbocycles. The summed E-state index contributed by atoms with van der Waals surface area (Å²) in [6, 6.07) is 0. The summed E-state index contributed by atoms with van der Waals surface area (Å²) < 4.78 is 0. The van der Waals surface area contributed by atoms with Gasteiger partial charge in [0.2, 0.25) is 0 Å². The van der Waals surface area contributed by atoms with Crippen molar-refractivity contribution in [3.63, 3.8) is 0 Å². The second kappa shape index (κ2) is 2.48. The standard InChI is InChI=1S/C5H8N2O2/c8-5(9)4-1-2-6-7-3-4/h2,4,7H,1,3H2,(H,8,9). The molecular formula is C5H8N2O2. The van der Waals surface area contributed by atoms with E-state index in [0.29, 0.717) is 13.0 Å². The molecule has 1 atom stereocenters. The minimum absolute atomic E-state index is 0.289. The van der Waals surface area contributed by atoms with E-state index in [2.05, 4.69) is 10.5 Å². The van der Waals surface area contributed by atoms with Crippen LogP contribution in [-0.2, 0) is 4.79 Å². The van der Waals surface area contributed by atoms with Gasteiger partial charge in [0.15, 0.2) is 0 Å². The molecule has 0 amide bonds. The van der Waals surface area contributed by atoms with Gasteiger partial charge in [0.1, 0.15) is 0 Å². The highest BCUT2D eigenvalue weighted by Gasteiger charge is 2.17. The van der Waals surface area contributed by atoms with Crippen LogP contribution in [0.5, 0.6) is 0 Å². The second-order valence-electron chi connectivity index (χ2n) is 1.94. The Morgan fingerprint density at radius 2 is 2.67 bits per heavy atom. The molecular weight excluding hydrogens is 120 g/mol. The first kappa shape index (κ1) is 6.07. The van der Waals surface area contributed by atoms with E-state index in [1.54, 1.807) is 6.21 Å². The van der Waals surface area contributed by atoms with Crippen molar-refractivity contribution in [3.8, 4) is 0 Å². The van der Waals surface area contributed by atoms with Crippen LogP contribution in [0.2, 0.25) is 0 Å². The topological polar surface area (TPSA) is 61.7 Å². The third-order valence-electron chi connectivity index (χ3n) is 1.26. The van der Waals surface area contributed by atoms with Gasteiger partial charge in [0.05, 0.1) is 5.92 Å². The average Bonchev–Trinajstić information content (AvgIpc) is 1.90. The van der Waals surface area contributed by atoms with Crippen molar-refractivity contribution >= 4 is 12.2 Å². The van der Waals surface area contributed by atoms with E-state index >= 15 is 0 Å². The van der Waals surface area contributed by atoms with Crippen LogP contribution in [0.25, 0.3) is 0 Å². The molecule has 1 aliphatic rings. The summed E-state index contributed by atoms with van der Waals surface area (Å²) in [6.45, 7) is 0.450. The van der Waals surface area contributed by atoms with Crippen molar-refractivity contribution in [2.45, 2.75) is 6.42 Å². The third kappa shape index (κ3) is 1.42. The highest BCUT2D eigenvalue weighted by atomic mass is 16.4. The quantitative estimate of drug-likeness (QED) is 0.508. The molecule has 0 spiro atoms. The Morgan fingerprint density at radius 1 is 1.89 bits per heavy atom. The second-order valence-corrected chi connectivity index (χ2v) is 1.94. The number of rotatable bonds is 1. The fraction of sp³-hybridized carbons (Fsp3) is 0.600. The first-order chi connectivity index (χ1) is 4.30. The molecule has 4 nitrogen and oxygen atoms in total. The first-order valence-corrected chi connectivity index (χ1v) is 2.78. The number of hydrogen-bond donors (Lipinski definition) is 2. The Balaban J connectivity index is 2.44. The van der Waals surface area contributed by atoms with Crippen LogP contribution < -0.4 is 5.43 Å². The number of nitrogens with one attached hydrogen (secondary N) is 1. The summed E-state index contributed by atoms with van der Waals surface area (Å²) >= 11 is 0. The predicted molar refractivity (Wildman–Crippen MR) is 32.2 cm³/mol. The van der Waals surface area contributed by atoms with Crippen LogP contribution in [0.3, 0.4) is 0 Å². The van der Waals surface area contributed by atoms with Crippen LogP contribution >= 0.6 is 0 Å². The highest BCUT2D eigenvalue weighted by Crippen LogP contribution is 2.02. The maximum atomic E-state index is 10.3. The van der Waals surface area contributed by atoms with Crippen LogP contribution in [-0.4, -0.2) is 23.8 Å². The molecule has 0 saturated heterocycles. The lowest BCUT2D eigenvalue weighted by Gasteiger charge is -2.12. The van der Waals surface area contributed by atoms with E-state index in [9.17, 15) is 4.79 Å². The molecule has 0 fully saturated rings. The summed E-state index contributed by atoms with van der Waals surface area (Å²) in [7, 11) is 0. The van der Waals surface area contributed by atoms with E-state index in [1.807, 2.05) is 0 Å². The van der Waals surface area contributed by atoms with Crippen molar-refractivity contribution in [1.82, 2.24) is 5.43 Å². The van der Waals surface area contributed by atoms with Gasteiger partial charge in [-0.05, 0) is 6.42 Å². The maximum absolute atomic E-state index is 10.3. The molecule has 0 bridgehead atoms. The van der Waals surface area contributed by atoms with E-state index < -0.39 is 5.97 Å². The molecule has 0 radical (unpaired) electrons. The van der Waals surface area contributed by atoms with Crippen molar-refractivity contribution in [2.75, 3.05) is 6.54 Å². The maximum Gasteiger partial charge on any atom is 0.308 e. The Morgan fingerprint density at radius 3 is 3.00 bits per heavy atom. The number of carbonyl (C=O) groups is 1. The molecule has 0 aromatic rings. The van der Waals surface area contributed by atoms with Crippen molar-refractivity contribution < 1.29 is 9.90 Å². The molecule has 1 unspecified atom stereocenters. The lowest BCUT2D eigenvalue weighted by Crippen LogP contribution is -2.29. The molecule has 9 heavy (non-hydrogen) atoms. The van der Waals surface area contributed by atoms with Crippen molar-refractivity contribution in [2.24, 2.45) is 11.0 Å². The van der Waals surface area contributed by atoms with Crippen LogP contribution in [0.15, 0.2) is 5.10 Å². The van der Waals surface area contributed by atoms with Gasteiger partial charge in [0.25, 0.3) is 0 Å². The van der Waals surface area contributed by atoms with Gasteiger partial charge in [-0.15, -0.1) is 0 Å². The van der Waals surface area contributed by atoms with E-state index in [1.165, 1.54) is 0 Å². The Bertz CT molecular complexity index is 144. The number of hydrogen-bond acceptors (Lipinski definition) is 3. The Labute approximate surface area is 52.6 Å². The molecule has 1 rings (SSSR count). The van der Waals surface area contributed by atoms with Crippen molar-refractivity contribution in [1.29, 1.82) is 0 Å².